The molecule has 116 valence electrons. The zero-order valence-corrected chi connectivity index (χ0v) is 13.3. The quantitative estimate of drug-likeness (QED) is 0.913. The van der Waals surface area contributed by atoms with Gasteiger partial charge in [-0.3, -0.25) is 4.68 Å². The van der Waals surface area contributed by atoms with Crippen molar-refractivity contribution in [3.63, 3.8) is 0 Å². The van der Waals surface area contributed by atoms with Crippen molar-refractivity contribution in [2.24, 2.45) is 17.2 Å². The molecule has 1 aliphatic rings. The number of primary sulfonamides is 1. The van der Waals surface area contributed by atoms with Gasteiger partial charge in [-0.05, 0) is 18.2 Å². The maximum absolute atomic E-state index is 12.2. The third-order valence-electron chi connectivity index (χ3n) is 3.42. The van der Waals surface area contributed by atoms with Crippen LogP contribution in [0.25, 0.3) is 10.9 Å². The highest BCUT2D eigenvalue weighted by molar-refractivity contribution is 7.89. The van der Waals surface area contributed by atoms with Gasteiger partial charge in [0.2, 0.25) is 10.0 Å². The second-order valence-corrected chi connectivity index (χ2v) is 6.96. The van der Waals surface area contributed by atoms with E-state index in [4.69, 9.17) is 16.7 Å². The molecule has 0 amide bonds. The molecule has 0 radical (unpaired) electrons. The second-order valence-electron chi connectivity index (χ2n) is 4.93. The number of sulfonamides is 1. The Balaban J connectivity index is 2.25. The van der Waals surface area contributed by atoms with Gasteiger partial charge in [0.15, 0.2) is 5.37 Å². The summed E-state index contributed by atoms with van der Waals surface area (Å²) in [7, 11) is -2.22. The zero-order valence-electron chi connectivity index (χ0n) is 11.7. The molecule has 2 heterocycles. The number of nitrogens with two attached hydrogens (primary N) is 1. The number of rotatable bonds is 3. The van der Waals surface area contributed by atoms with Gasteiger partial charge in [-0.1, -0.05) is 17.7 Å². The highest BCUT2D eigenvalue weighted by Crippen LogP contribution is 2.34. The average molecular weight is 340 g/mol. The second kappa shape index (κ2) is 5.38. The van der Waals surface area contributed by atoms with E-state index in [9.17, 15) is 8.42 Å². The first-order valence-electron chi connectivity index (χ1n) is 6.46. The van der Waals surface area contributed by atoms with Gasteiger partial charge < -0.3 is 4.90 Å². The molecule has 1 unspecified atom stereocenters. The summed E-state index contributed by atoms with van der Waals surface area (Å²) in [6, 6.07) is 5.30. The van der Waals surface area contributed by atoms with Gasteiger partial charge in [0.05, 0.1) is 16.9 Å². The van der Waals surface area contributed by atoms with Crippen LogP contribution in [0.4, 0.5) is 0 Å². The molecule has 0 saturated carbocycles. The first-order chi connectivity index (χ1) is 10.4. The molecule has 0 saturated heterocycles. The number of fused-ring (bicyclic) bond motifs is 1. The summed E-state index contributed by atoms with van der Waals surface area (Å²) in [4.78, 5) is 5.47. The van der Waals surface area contributed by atoms with Gasteiger partial charge in [-0.15, -0.1) is 0 Å². The van der Waals surface area contributed by atoms with Gasteiger partial charge >= 0.3 is 0 Å². The van der Waals surface area contributed by atoms with E-state index in [0.29, 0.717) is 22.6 Å². The molecule has 0 fully saturated rings. The van der Waals surface area contributed by atoms with Crippen LogP contribution in [0, 0.1) is 0 Å². The van der Waals surface area contributed by atoms with E-state index < -0.39 is 15.4 Å². The summed E-state index contributed by atoms with van der Waals surface area (Å²) in [6.07, 6.45) is 4.78. The van der Waals surface area contributed by atoms with Gasteiger partial charge in [0.1, 0.15) is 5.69 Å². The number of halogens is 1. The molecular weight excluding hydrogens is 326 g/mol. The van der Waals surface area contributed by atoms with Crippen molar-refractivity contribution in [2.75, 3.05) is 6.54 Å². The Bertz CT molecular complexity index is 887. The first-order valence-corrected chi connectivity index (χ1v) is 8.45. The van der Waals surface area contributed by atoms with E-state index in [1.54, 1.807) is 36.1 Å². The highest BCUT2D eigenvalue weighted by Gasteiger charge is 2.34. The Kier molecular flexibility index (Phi) is 3.67. The third kappa shape index (κ3) is 2.49. The van der Waals surface area contributed by atoms with Crippen LogP contribution in [0.3, 0.4) is 0 Å². The molecule has 1 aliphatic heterocycles. The Hall–Kier alpha value is -1.90. The summed E-state index contributed by atoms with van der Waals surface area (Å²) in [5, 5.41) is 9.64. The zero-order chi connectivity index (χ0) is 15.9. The average Bonchev–Trinajstić information content (AvgIpc) is 2.77. The molecule has 1 aromatic heterocycles. The maximum atomic E-state index is 12.2. The molecule has 7 nitrogen and oxygen atoms in total. The summed E-state index contributed by atoms with van der Waals surface area (Å²) in [5.41, 5.74) is 1.04. The number of aliphatic imine (C=N–C) groups is 1. The molecule has 2 aromatic rings. The molecule has 0 bridgehead atoms. The molecule has 0 spiro atoms. The van der Waals surface area contributed by atoms with Crippen molar-refractivity contribution in [2.45, 2.75) is 5.37 Å². The van der Waals surface area contributed by atoms with Crippen LogP contribution >= 0.6 is 11.6 Å². The highest BCUT2D eigenvalue weighted by atomic mass is 35.5. The number of hydrogen-bond acceptors (Lipinski definition) is 5. The van der Waals surface area contributed by atoms with E-state index in [1.165, 1.54) is 11.2 Å². The summed E-state index contributed by atoms with van der Waals surface area (Å²) in [5.74, 6) is 0. The number of aryl methyl sites for hydroxylation is 1. The van der Waals surface area contributed by atoms with E-state index in [2.05, 4.69) is 10.1 Å². The van der Waals surface area contributed by atoms with Crippen molar-refractivity contribution in [3.8, 4) is 0 Å². The molecule has 22 heavy (non-hydrogen) atoms. The van der Waals surface area contributed by atoms with Gasteiger partial charge in [0.25, 0.3) is 0 Å². The normalized spacial score (nSPS) is 16.4. The van der Waals surface area contributed by atoms with Crippen molar-refractivity contribution in [1.82, 2.24) is 14.7 Å². The fourth-order valence-corrected chi connectivity index (χ4v) is 3.79. The van der Waals surface area contributed by atoms with Gasteiger partial charge in [-0.2, -0.15) is 5.10 Å². The lowest BCUT2D eigenvalue weighted by molar-refractivity contribution is 0.417. The monoisotopic (exact) mass is 339 g/mol. The van der Waals surface area contributed by atoms with E-state index in [0.717, 1.165) is 5.52 Å². The topological polar surface area (TPSA) is 93.6 Å². The SMILES string of the molecule is Cn1nc(C(N2C=NC=CC2)S(N)(=O)=O)c2c(Cl)cccc21. The Labute approximate surface area is 132 Å². The molecular formula is C13H14ClN5O2S. The minimum absolute atomic E-state index is 0.298. The minimum atomic E-state index is -3.95. The van der Waals surface area contributed by atoms with Crippen LogP contribution in [-0.2, 0) is 17.1 Å². The van der Waals surface area contributed by atoms with E-state index in [-0.39, 0.29) is 0 Å². The number of nitrogens with zero attached hydrogens (tertiary/aromatic N) is 4. The van der Waals surface area contributed by atoms with Crippen LogP contribution in [0.15, 0.2) is 35.5 Å². The lowest BCUT2D eigenvalue weighted by atomic mass is 10.2. The van der Waals surface area contributed by atoms with Crippen LogP contribution < -0.4 is 5.14 Å². The molecule has 1 atom stereocenters. The largest absolute Gasteiger partial charge is 0.336 e. The van der Waals surface area contributed by atoms with Crippen molar-refractivity contribution >= 4 is 38.9 Å². The van der Waals surface area contributed by atoms with Gasteiger partial charge in [0, 0.05) is 25.2 Å². The van der Waals surface area contributed by atoms with Crippen molar-refractivity contribution < 1.29 is 8.42 Å². The number of hydrogen-bond donors (Lipinski definition) is 1. The lowest BCUT2D eigenvalue weighted by Crippen LogP contribution is -2.38. The summed E-state index contributed by atoms with van der Waals surface area (Å²) < 4.78 is 25.9. The maximum Gasteiger partial charge on any atom is 0.236 e. The summed E-state index contributed by atoms with van der Waals surface area (Å²) >= 11 is 6.25. The fourth-order valence-electron chi connectivity index (χ4n) is 2.53. The van der Waals surface area contributed by atoms with Crippen molar-refractivity contribution in [3.05, 3.63) is 41.2 Å². The molecule has 3 rings (SSSR count). The predicted molar refractivity (Wildman–Crippen MR) is 85.9 cm³/mol. The Morgan fingerprint density at radius 1 is 1.41 bits per heavy atom. The van der Waals surface area contributed by atoms with Gasteiger partial charge in [-0.25, -0.2) is 18.5 Å². The Morgan fingerprint density at radius 3 is 2.82 bits per heavy atom. The first kappa shape index (κ1) is 15.0. The van der Waals surface area contributed by atoms with Crippen LogP contribution in [-0.4, -0.2) is 36.0 Å². The fraction of sp³-hybridized carbons (Fsp3) is 0.231. The van der Waals surface area contributed by atoms with Crippen LogP contribution in [0.1, 0.15) is 11.1 Å². The van der Waals surface area contributed by atoms with Crippen molar-refractivity contribution in [1.29, 1.82) is 0 Å². The number of benzene rings is 1. The Morgan fingerprint density at radius 2 is 2.18 bits per heavy atom. The number of aromatic nitrogens is 2. The third-order valence-corrected chi connectivity index (χ3v) is 4.85. The van der Waals surface area contributed by atoms with Crippen LogP contribution in [0.2, 0.25) is 5.02 Å². The summed E-state index contributed by atoms with van der Waals surface area (Å²) in [6.45, 7) is 0.368. The lowest BCUT2D eigenvalue weighted by Gasteiger charge is -2.27. The molecule has 0 aliphatic carbocycles. The molecule has 1 aromatic carbocycles. The van der Waals surface area contributed by atoms with Crippen LogP contribution in [0.5, 0.6) is 0 Å². The molecule has 2 N–H and O–H groups in total. The molecule has 9 heteroatoms. The smallest absolute Gasteiger partial charge is 0.236 e. The van der Waals surface area contributed by atoms with E-state index >= 15 is 0 Å². The van der Waals surface area contributed by atoms with E-state index in [1.807, 2.05) is 6.07 Å². The predicted octanol–water partition coefficient (Wildman–Crippen LogP) is 1.37. The minimum Gasteiger partial charge on any atom is -0.336 e. The standard InChI is InChI=1S/C13H14ClN5O2S/c1-18-10-5-2-4-9(14)11(10)12(17-18)13(22(15,20)21)19-7-3-6-16-8-19/h2-6,8,13H,7H2,1H3,(H2,15,20,21).